The summed E-state index contributed by atoms with van der Waals surface area (Å²) in [5.74, 6) is 0.326. The zero-order valence-corrected chi connectivity index (χ0v) is 11.8. The van der Waals surface area contributed by atoms with Crippen LogP contribution in [0.1, 0.15) is 26.7 Å². The molecule has 1 rings (SSSR count). The molecule has 2 atom stereocenters. The van der Waals surface area contributed by atoms with Crippen molar-refractivity contribution in [1.29, 1.82) is 0 Å². The number of hydrogen-bond donors (Lipinski definition) is 1. The van der Waals surface area contributed by atoms with Gasteiger partial charge in [0.2, 0.25) is 0 Å². The minimum atomic E-state index is -4.13. The Morgan fingerprint density at radius 3 is 2.58 bits per heavy atom. The molecule has 0 aromatic heterocycles. The maximum absolute atomic E-state index is 12.6. The quantitative estimate of drug-likeness (QED) is 0.739. The minimum Gasteiger partial charge on any atom is -0.381 e. The summed E-state index contributed by atoms with van der Waals surface area (Å²) in [6.45, 7) is 6.14. The van der Waals surface area contributed by atoms with E-state index in [1.165, 1.54) is 4.90 Å². The molecule has 6 heteroatoms. The molecule has 0 aromatic rings. The van der Waals surface area contributed by atoms with Crippen LogP contribution in [-0.4, -0.2) is 56.5 Å². The van der Waals surface area contributed by atoms with Gasteiger partial charge >= 0.3 is 6.18 Å². The second kappa shape index (κ2) is 8.07. The summed E-state index contributed by atoms with van der Waals surface area (Å²) >= 11 is 0. The van der Waals surface area contributed by atoms with Crippen molar-refractivity contribution in [2.75, 3.05) is 39.4 Å². The van der Waals surface area contributed by atoms with Gasteiger partial charge in [-0.3, -0.25) is 4.90 Å². The predicted molar refractivity (Wildman–Crippen MR) is 69.2 cm³/mol. The molecule has 1 heterocycles. The highest BCUT2D eigenvalue weighted by atomic mass is 19.4. The van der Waals surface area contributed by atoms with E-state index in [9.17, 15) is 13.2 Å². The molecule has 3 nitrogen and oxygen atoms in total. The largest absolute Gasteiger partial charge is 0.401 e. The summed E-state index contributed by atoms with van der Waals surface area (Å²) < 4.78 is 43.0. The van der Waals surface area contributed by atoms with Crippen molar-refractivity contribution in [3.63, 3.8) is 0 Å². The number of hydrogen-bond acceptors (Lipinski definition) is 3. The molecular weight excluding hydrogens is 257 g/mol. The number of alkyl halides is 3. The summed E-state index contributed by atoms with van der Waals surface area (Å²) in [6, 6.07) is 0.0846. The lowest BCUT2D eigenvalue weighted by Gasteiger charge is -2.31. The van der Waals surface area contributed by atoms with Gasteiger partial charge in [0.05, 0.1) is 13.2 Å². The van der Waals surface area contributed by atoms with E-state index in [1.807, 2.05) is 13.8 Å². The molecule has 19 heavy (non-hydrogen) atoms. The van der Waals surface area contributed by atoms with Crippen LogP contribution < -0.4 is 5.32 Å². The third-order valence-corrected chi connectivity index (χ3v) is 3.40. The average molecular weight is 282 g/mol. The van der Waals surface area contributed by atoms with E-state index in [2.05, 4.69) is 5.32 Å². The summed E-state index contributed by atoms with van der Waals surface area (Å²) in [4.78, 5) is 1.51. The molecule has 0 aromatic carbocycles. The van der Waals surface area contributed by atoms with Gasteiger partial charge in [-0.2, -0.15) is 13.2 Å². The summed E-state index contributed by atoms with van der Waals surface area (Å²) in [5, 5.41) is 3.31. The van der Waals surface area contributed by atoms with Crippen molar-refractivity contribution in [1.82, 2.24) is 10.2 Å². The van der Waals surface area contributed by atoms with E-state index >= 15 is 0 Å². The zero-order chi connectivity index (χ0) is 14.3. The van der Waals surface area contributed by atoms with Crippen LogP contribution in [0.5, 0.6) is 0 Å². The molecule has 0 spiro atoms. The smallest absolute Gasteiger partial charge is 0.381 e. The summed E-state index contributed by atoms with van der Waals surface area (Å²) in [7, 11) is 0. The van der Waals surface area contributed by atoms with Gasteiger partial charge < -0.3 is 10.1 Å². The Morgan fingerprint density at radius 2 is 2.11 bits per heavy atom. The van der Waals surface area contributed by atoms with Crippen molar-refractivity contribution in [2.45, 2.75) is 38.9 Å². The Labute approximate surface area is 113 Å². The van der Waals surface area contributed by atoms with Crippen molar-refractivity contribution in [2.24, 2.45) is 5.92 Å². The van der Waals surface area contributed by atoms with E-state index in [0.29, 0.717) is 25.6 Å². The third kappa shape index (κ3) is 6.58. The molecule has 2 unspecified atom stereocenters. The SMILES string of the molecule is CCCN(CC(NCC)C1CCOC1)CC(F)(F)F. The summed E-state index contributed by atoms with van der Waals surface area (Å²) in [6.07, 6.45) is -2.46. The van der Waals surface area contributed by atoms with Crippen LogP contribution in [0.25, 0.3) is 0 Å². The molecule has 0 amide bonds. The first-order chi connectivity index (χ1) is 8.96. The Kier molecular flexibility index (Phi) is 7.10. The standard InChI is InChI=1S/C13H25F3N2O/c1-3-6-18(10-13(14,15)16)8-12(17-4-2)11-5-7-19-9-11/h11-12,17H,3-10H2,1-2H3. The van der Waals surface area contributed by atoms with E-state index in [0.717, 1.165) is 26.0 Å². The predicted octanol–water partition coefficient (Wildman–Crippen LogP) is 2.28. The van der Waals surface area contributed by atoms with Gasteiger partial charge in [0.15, 0.2) is 0 Å². The van der Waals surface area contributed by atoms with Crippen molar-refractivity contribution >= 4 is 0 Å². The Balaban J connectivity index is 2.55. The molecule has 1 aliphatic rings. The highest BCUT2D eigenvalue weighted by Crippen LogP contribution is 2.21. The second-order valence-corrected chi connectivity index (χ2v) is 5.14. The van der Waals surface area contributed by atoms with Gasteiger partial charge in [0, 0.05) is 25.1 Å². The van der Waals surface area contributed by atoms with Crippen LogP contribution in [0.4, 0.5) is 13.2 Å². The monoisotopic (exact) mass is 282 g/mol. The molecule has 0 bridgehead atoms. The second-order valence-electron chi connectivity index (χ2n) is 5.14. The normalized spacial score (nSPS) is 22.1. The highest BCUT2D eigenvalue weighted by Gasteiger charge is 2.33. The fourth-order valence-electron chi connectivity index (χ4n) is 2.60. The van der Waals surface area contributed by atoms with Crippen molar-refractivity contribution in [3.8, 4) is 0 Å². The first kappa shape index (κ1) is 16.7. The number of likely N-dealkylation sites (N-methyl/N-ethyl adjacent to an activating group) is 1. The van der Waals surface area contributed by atoms with E-state index in [1.54, 1.807) is 0 Å². The van der Waals surface area contributed by atoms with Gasteiger partial charge in [-0.05, 0) is 25.9 Å². The van der Waals surface area contributed by atoms with Crippen LogP contribution in [-0.2, 0) is 4.74 Å². The first-order valence-corrected chi connectivity index (χ1v) is 7.06. The van der Waals surface area contributed by atoms with Crippen LogP contribution in [0.3, 0.4) is 0 Å². The van der Waals surface area contributed by atoms with Crippen LogP contribution >= 0.6 is 0 Å². The Bertz CT molecular complexity index is 243. The number of halogens is 3. The molecule has 114 valence electrons. The molecule has 0 aliphatic carbocycles. The maximum atomic E-state index is 12.6. The van der Waals surface area contributed by atoms with Crippen LogP contribution in [0.2, 0.25) is 0 Å². The van der Waals surface area contributed by atoms with Gasteiger partial charge in [-0.15, -0.1) is 0 Å². The molecule has 1 fully saturated rings. The first-order valence-electron chi connectivity index (χ1n) is 7.06. The Morgan fingerprint density at radius 1 is 1.37 bits per heavy atom. The van der Waals surface area contributed by atoms with Gasteiger partial charge in [-0.1, -0.05) is 13.8 Å². The van der Waals surface area contributed by atoms with Gasteiger partial charge in [0.25, 0.3) is 0 Å². The highest BCUT2D eigenvalue weighted by molar-refractivity contribution is 4.82. The van der Waals surface area contributed by atoms with Gasteiger partial charge in [-0.25, -0.2) is 0 Å². The van der Waals surface area contributed by atoms with Crippen LogP contribution in [0, 0.1) is 5.92 Å². The minimum absolute atomic E-state index is 0.0846. The number of nitrogens with zero attached hydrogens (tertiary/aromatic N) is 1. The maximum Gasteiger partial charge on any atom is 0.401 e. The Hall–Kier alpha value is -0.330. The average Bonchev–Trinajstić information content (AvgIpc) is 2.79. The van der Waals surface area contributed by atoms with E-state index < -0.39 is 12.7 Å². The van der Waals surface area contributed by atoms with E-state index in [4.69, 9.17) is 4.74 Å². The fourth-order valence-corrected chi connectivity index (χ4v) is 2.60. The lowest BCUT2D eigenvalue weighted by molar-refractivity contribution is -0.147. The molecule has 0 saturated carbocycles. The topological polar surface area (TPSA) is 24.5 Å². The molecule has 1 N–H and O–H groups in total. The molecule has 1 aliphatic heterocycles. The zero-order valence-electron chi connectivity index (χ0n) is 11.8. The molecule has 1 saturated heterocycles. The van der Waals surface area contributed by atoms with Gasteiger partial charge in [0.1, 0.15) is 0 Å². The number of ether oxygens (including phenoxy) is 1. The van der Waals surface area contributed by atoms with Crippen molar-refractivity contribution < 1.29 is 17.9 Å². The van der Waals surface area contributed by atoms with Crippen LogP contribution in [0.15, 0.2) is 0 Å². The third-order valence-electron chi connectivity index (χ3n) is 3.40. The number of nitrogens with one attached hydrogen (secondary N) is 1. The molecular formula is C13H25F3N2O. The number of rotatable bonds is 8. The lowest BCUT2D eigenvalue weighted by Crippen LogP contribution is -2.48. The fraction of sp³-hybridized carbons (Fsp3) is 1.00. The van der Waals surface area contributed by atoms with E-state index in [-0.39, 0.29) is 6.04 Å². The summed E-state index contributed by atoms with van der Waals surface area (Å²) in [5.41, 5.74) is 0. The molecule has 0 radical (unpaired) electrons. The lowest BCUT2D eigenvalue weighted by atomic mass is 9.98. The van der Waals surface area contributed by atoms with Crippen molar-refractivity contribution in [3.05, 3.63) is 0 Å².